The van der Waals surface area contributed by atoms with E-state index in [1.165, 1.54) is 73.6 Å². The van der Waals surface area contributed by atoms with Gasteiger partial charge in [0.25, 0.3) is 0 Å². The lowest BCUT2D eigenvalue weighted by Crippen LogP contribution is -2.65. The molecule has 6 rings (SSSR count). The van der Waals surface area contributed by atoms with Gasteiger partial charge in [0.05, 0.1) is 6.17 Å². The Bertz CT molecular complexity index is 1670. The molecule has 2 saturated heterocycles. The number of benzene rings is 4. The molecule has 6 heteroatoms. The average molecular weight is 727 g/mol. The first-order valence-electron chi connectivity index (χ1n) is 20.7. The molecule has 2 unspecified atom stereocenters. The fraction of sp³-hybridized carbons (Fsp3) is 0.458. The zero-order chi connectivity index (χ0) is 37.7. The number of aryl methyl sites for hydroxylation is 2. The van der Waals surface area contributed by atoms with Crippen molar-refractivity contribution in [1.29, 1.82) is 0 Å². The van der Waals surface area contributed by atoms with Gasteiger partial charge in [-0.1, -0.05) is 137 Å². The summed E-state index contributed by atoms with van der Waals surface area (Å²) in [7, 11) is 0. The van der Waals surface area contributed by atoms with Crippen LogP contribution in [0.4, 0.5) is 0 Å². The fourth-order valence-corrected chi connectivity index (χ4v) is 8.68. The third kappa shape index (κ3) is 10.4. The quantitative estimate of drug-likeness (QED) is 0.0792. The molecule has 0 aromatic heterocycles. The van der Waals surface area contributed by atoms with Gasteiger partial charge >= 0.3 is 0 Å². The molecule has 0 spiro atoms. The van der Waals surface area contributed by atoms with Crippen LogP contribution in [0.5, 0.6) is 0 Å². The number of unbranched alkanes of at least 4 members (excludes halogenated alkanes) is 6. The Morgan fingerprint density at radius 3 is 1.48 bits per heavy atom. The lowest BCUT2D eigenvalue weighted by Gasteiger charge is -2.50. The number of ketones is 2. The molecule has 0 radical (unpaired) electrons. The van der Waals surface area contributed by atoms with Gasteiger partial charge in [-0.3, -0.25) is 19.4 Å². The van der Waals surface area contributed by atoms with Crippen molar-refractivity contribution in [2.24, 2.45) is 0 Å². The lowest BCUT2D eigenvalue weighted by atomic mass is 9.92. The van der Waals surface area contributed by atoms with Gasteiger partial charge in [0.1, 0.15) is 0 Å². The van der Waals surface area contributed by atoms with E-state index in [9.17, 15) is 9.59 Å². The van der Waals surface area contributed by atoms with Crippen molar-refractivity contribution in [3.63, 3.8) is 0 Å². The third-order valence-corrected chi connectivity index (χ3v) is 11.8. The van der Waals surface area contributed by atoms with Crippen LogP contribution in [0.15, 0.2) is 97.1 Å². The molecule has 4 aromatic carbocycles. The molecule has 54 heavy (non-hydrogen) atoms. The number of nitrogens with zero attached hydrogens (tertiary/aromatic N) is 2. The predicted octanol–water partition coefficient (Wildman–Crippen LogP) is 8.57. The van der Waals surface area contributed by atoms with E-state index in [2.05, 4.69) is 65.5 Å². The van der Waals surface area contributed by atoms with E-state index in [0.29, 0.717) is 18.2 Å². The minimum atomic E-state index is 0.0818. The molecule has 0 bridgehead atoms. The molecular weight excluding hydrogens is 665 g/mol. The second-order valence-corrected chi connectivity index (χ2v) is 15.7. The van der Waals surface area contributed by atoms with Crippen molar-refractivity contribution >= 4 is 11.6 Å². The summed E-state index contributed by atoms with van der Waals surface area (Å²) >= 11 is 0. The zero-order valence-corrected chi connectivity index (χ0v) is 33.0. The average Bonchev–Trinajstić information content (AvgIpc) is 3.21. The second kappa shape index (κ2) is 20.1. The minimum absolute atomic E-state index is 0.0818. The Morgan fingerprint density at radius 1 is 0.593 bits per heavy atom. The Morgan fingerprint density at radius 2 is 1.04 bits per heavy atom. The molecule has 0 amide bonds. The summed E-state index contributed by atoms with van der Waals surface area (Å²) in [6.45, 7) is 12.6. The van der Waals surface area contributed by atoms with E-state index >= 15 is 0 Å². The van der Waals surface area contributed by atoms with E-state index in [0.717, 1.165) is 74.4 Å². The Labute approximate surface area is 324 Å². The van der Waals surface area contributed by atoms with Crippen LogP contribution in [0, 0.1) is 13.8 Å². The first kappa shape index (κ1) is 39.7. The van der Waals surface area contributed by atoms with Crippen LogP contribution in [0.1, 0.15) is 112 Å². The van der Waals surface area contributed by atoms with Crippen molar-refractivity contribution in [1.82, 2.24) is 20.4 Å². The molecule has 0 aliphatic carbocycles. The smallest absolute Gasteiger partial charge is 0.193 e. The number of carbonyl (C=O) groups excluding carboxylic acids is 2. The maximum atomic E-state index is 13.3. The topological polar surface area (TPSA) is 64.7 Å². The minimum Gasteiger partial charge on any atom is -0.314 e. The monoisotopic (exact) mass is 726 g/mol. The van der Waals surface area contributed by atoms with E-state index in [-0.39, 0.29) is 11.6 Å². The van der Waals surface area contributed by atoms with Crippen molar-refractivity contribution in [3.8, 4) is 0 Å². The Kier molecular flexibility index (Phi) is 14.8. The summed E-state index contributed by atoms with van der Waals surface area (Å²) < 4.78 is 0. The van der Waals surface area contributed by atoms with E-state index in [4.69, 9.17) is 0 Å². The highest BCUT2D eigenvalue weighted by Gasteiger charge is 2.37. The number of nitrogens with one attached hydrogen (secondary N) is 2. The first-order chi connectivity index (χ1) is 26.4. The van der Waals surface area contributed by atoms with Crippen LogP contribution in [0.3, 0.4) is 0 Å². The fourth-order valence-electron chi connectivity index (χ4n) is 8.68. The molecule has 0 saturated carbocycles. The predicted molar refractivity (Wildman–Crippen MR) is 223 cm³/mol. The van der Waals surface area contributed by atoms with E-state index in [1.54, 1.807) is 0 Å². The number of carbonyl (C=O) groups is 2. The van der Waals surface area contributed by atoms with Gasteiger partial charge in [0.15, 0.2) is 11.6 Å². The van der Waals surface area contributed by atoms with Crippen molar-refractivity contribution < 1.29 is 9.59 Å². The van der Waals surface area contributed by atoms with Crippen molar-refractivity contribution in [3.05, 3.63) is 142 Å². The van der Waals surface area contributed by atoms with Crippen LogP contribution in [-0.2, 0) is 12.8 Å². The molecular formula is C48H62N4O2. The highest BCUT2D eigenvalue weighted by atomic mass is 16.1. The zero-order valence-electron chi connectivity index (χ0n) is 33.0. The van der Waals surface area contributed by atoms with E-state index < -0.39 is 0 Å². The highest BCUT2D eigenvalue weighted by Crippen LogP contribution is 2.28. The molecule has 2 heterocycles. The summed E-state index contributed by atoms with van der Waals surface area (Å²) in [5.74, 6) is 0.164. The van der Waals surface area contributed by atoms with Gasteiger partial charge in [0, 0.05) is 73.6 Å². The Hall–Kier alpha value is -3.94. The number of hydrogen-bond acceptors (Lipinski definition) is 6. The lowest BCUT2D eigenvalue weighted by molar-refractivity contribution is -0.0369. The SMILES string of the molecule is CCCCCCCCCC(N1CCNCC1Cc1ccc(C(=O)c2ccccc2)cc1C)N1CCNCC1Cc1ccc(C(=O)c2ccccc2)cc1C. The molecule has 2 aliphatic heterocycles. The summed E-state index contributed by atoms with van der Waals surface area (Å²) in [6.07, 6.45) is 12.6. The highest BCUT2D eigenvalue weighted by molar-refractivity contribution is 6.09. The number of rotatable bonds is 18. The number of piperazine rings is 2. The molecule has 2 N–H and O–H groups in total. The second-order valence-electron chi connectivity index (χ2n) is 15.7. The normalized spacial score (nSPS) is 18.7. The maximum absolute atomic E-state index is 13.3. The summed E-state index contributed by atoms with van der Waals surface area (Å²) in [4.78, 5) is 32.2. The molecule has 2 aliphatic rings. The van der Waals surface area contributed by atoms with Crippen LogP contribution in [-0.4, -0.2) is 78.9 Å². The van der Waals surface area contributed by atoms with Crippen LogP contribution in [0.25, 0.3) is 0 Å². The molecule has 286 valence electrons. The van der Waals surface area contributed by atoms with Gasteiger partial charge in [0.2, 0.25) is 0 Å². The molecule has 6 nitrogen and oxygen atoms in total. The third-order valence-electron chi connectivity index (χ3n) is 11.8. The van der Waals surface area contributed by atoms with Gasteiger partial charge in [-0.05, 0) is 67.5 Å². The van der Waals surface area contributed by atoms with Crippen LogP contribution < -0.4 is 10.6 Å². The van der Waals surface area contributed by atoms with Crippen LogP contribution in [0.2, 0.25) is 0 Å². The largest absolute Gasteiger partial charge is 0.314 e. The van der Waals surface area contributed by atoms with Crippen molar-refractivity contribution in [2.75, 3.05) is 39.3 Å². The Balaban J connectivity index is 1.21. The molecule has 2 atom stereocenters. The first-order valence-corrected chi connectivity index (χ1v) is 20.7. The van der Waals surface area contributed by atoms with E-state index in [1.807, 2.05) is 72.8 Å². The maximum Gasteiger partial charge on any atom is 0.193 e. The summed E-state index contributed by atoms with van der Waals surface area (Å²) in [5.41, 5.74) is 8.02. The van der Waals surface area contributed by atoms with Gasteiger partial charge < -0.3 is 10.6 Å². The summed E-state index contributed by atoms with van der Waals surface area (Å²) in [6, 6.07) is 32.6. The van der Waals surface area contributed by atoms with Gasteiger partial charge in [-0.2, -0.15) is 0 Å². The number of hydrogen-bond donors (Lipinski definition) is 2. The standard InChI is InChI=1S/C48H62N4O2/c1-4-5-6-7-8-9-16-21-46(51-28-26-49-34-44(51)32-40-22-24-42(30-36(40)2)47(53)38-17-12-10-13-18-38)52-29-27-50-35-45(52)33-41-23-25-43(31-37(41)3)48(54)39-19-14-11-15-20-39/h10-15,17-20,22-25,30-31,44-46,49-50H,4-9,16,21,26-29,32-35H2,1-3H3. The van der Waals surface area contributed by atoms with Crippen molar-refractivity contribution in [2.45, 2.75) is 103 Å². The van der Waals surface area contributed by atoms with Gasteiger partial charge in [-0.15, -0.1) is 0 Å². The molecule has 4 aromatic rings. The molecule has 2 fully saturated rings. The van der Waals surface area contributed by atoms with Crippen LogP contribution >= 0.6 is 0 Å². The summed E-state index contributed by atoms with van der Waals surface area (Å²) in [5, 5.41) is 7.48. The van der Waals surface area contributed by atoms with Gasteiger partial charge in [-0.25, -0.2) is 0 Å².